The minimum Gasteiger partial charge on any atom is -0.375 e. The molecule has 0 aliphatic rings. The zero-order valence-electron chi connectivity index (χ0n) is 10.2. The van der Waals surface area contributed by atoms with Gasteiger partial charge in [0.05, 0.1) is 0 Å². The summed E-state index contributed by atoms with van der Waals surface area (Å²) in [4.78, 5) is 15.6. The number of aromatic nitrogens is 1. The fraction of sp³-hybridized carbons (Fsp3) is 0.500. The lowest BCUT2D eigenvalue weighted by Gasteiger charge is -2.21. The molecule has 4 nitrogen and oxygen atoms in total. The lowest BCUT2D eigenvalue weighted by molar-refractivity contribution is -0.119. The van der Waals surface area contributed by atoms with E-state index in [1.165, 1.54) is 7.11 Å². The standard InChI is InChI=1S/C12H18N2O2/c1-12(2,3)9-6-5-7-13-11(9)14-10(15)8-16-4/h5-7H,8H2,1-4H3,(H,13,14,15). The Morgan fingerprint density at radius 3 is 2.75 bits per heavy atom. The minimum absolute atomic E-state index is 0.0418. The second-order valence-electron chi connectivity index (χ2n) is 4.63. The minimum atomic E-state index is -0.188. The van der Waals surface area contributed by atoms with Crippen molar-refractivity contribution in [3.8, 4) is 0 Å². The summed E-state index contributed by atoms with van der Waals surface area (Å²) >= 11 is 0. The van der Waals surface area contributed by atoms with E-state index >= 15 is 0 Å². The average molecular weight is 222 g/mol. The number of amides is 1. The van der Waals surface area contributed by atoms with Crippen molar-refractivity contribution in [3.05, 3.63) is 23.9 Å². The van der Waals surface area contributed by atoms with Crippen LogP contribution in [0.5, 0.6) is 0 Å². The third-order valence-electron chi connectivity index (χ3n) is 2.15. The number of nitrogens with one attached hydrogen (secondary N) is 1. The number of carbonyl (C=O) groups is 1. The average Bonchev–Trinajstić information content (AvgIpc) is 2.17. The van der Waals surface area contributed by atoms with Gasteiger partial charge in [-0.2, -0.15) is 0 Å². The fourth-order valence-electron chi connectivity index (χ4n) is 1.41. The van der Waals surface area contributed by atoms with Gasteiger partial charge in [-0.1, -0.05) is 26.8 Å². The van der Waals surface area contributed by atoms with Crippen LogP contribution >= 0.6 is 0 Å². The number of methoxy groups -OCH3 is 1. The molecule has 1 N–H and O–H groups in total. The van der Waals surface area contributed by atoms with Crippen LogP contribution in [-0.2, 0) is 14.9 Å². The molecule has 88 valence electrons. The molecule has 1 amide bonds. The molecule has 0 aromatic carbocycles. The molecular formula is C12H18N2O2. The van der Waals surface area contributed by atoms with Crippen LogP contribution in [0.1, 0.15) is 26.3 Å². The predicted molar refractivity (Wildman–Crippen MR) is 63.4 cm³/mol. The Labute approximate surface area is 96.0 Å². The topological polar surface area (TPSA) is 51.2 Å². The molecular weight excluding hydrogens is 204 g/mol. The van der Waals surface area contributed by atoms with Gasteiger partial charge < -0.3 is 10.1 Å². The van der Waals surface area contributed by atoms with Crippen LogP contribution in [0.4, 0.5) is 5.82 Å². The van der Waals surface area contributed by atoms with Gasteiger partial charge in [-0.15, -0.1) is 0 Å². The highest BCUT2D eigenvalue weighted by Gasteiger charge is 2.19. The van der Waals surface area contributed by atoms with Gasteiger partial charge in [0.1, 0.15) is 12.4 Å². The summed E-state index contributed by atoms with van der Waals surface area (Å²) in [6.07, 6.45) is 1.66. The summed E-state index contributed by atoms with van der Waals surface area (Å²) < 4.78 is 4.76. The van der Waals surface area contributed by atoms with Crippen molar-refractivity contribution < 1.29 is 9.53 Å². The van der Waals surface area contributed by atoms with E-state index in [2.05, 4.69) is 31.1 Å². The Kier molecular flexibility index (Phi) is 4.01. The smallest absolute Gasteiger partial charge is 0.251 e. The highest BCUT2D eigenvalue weighted by Crippen LogP contribution is 2.27. The van der Waals surface area contributed by atoms with Crippen LogP contribution in [0, 0.1) is 0 Å². The first kappa shape index (κ1) is 12.6. The van der Waals surface area contributed by atoms with E-state index < -0.39 is 0 Å². The van der Waals surface area contributed by atoms with Gasteiger partial charge in [0.2, 0.25) is 0 Å². The molecule has 0 fully saturated rings. The molecule has 1 heterocycles. The SMILES string of the molecule is COCC(=O)Nc1ncccc1C(C)(C)C. The number of anilines is 1. The van der Waals surface area contributed by atoms with Gasteiger partial charge in [0, 0.05) is 18.9 Å². The number of pyridine rings is 1. The maximum Gasteiger partial charge on any atom is 0.251 e. The summed E-state index contributed by atoms with van der Waals surface area (Å²) in [5, 5.41) is 2.74. The van der Waals surface area contributed by atoms with E-state index in [0.717, 1.165) is 5.56 Å². The Morgan fingerprint density at radius 1 is 1.50 bits per heavy atom. The molecule has 1 aromatic rings. The first-order chi connectivity index (χ1) is 7.45. The molecule has 0 saturated heterocycles. The van der Waals surface area contributed by atoms with E-state index in [1.54, 1.807) is 6.20 Å². The Morgan fingerprint density at radius 2 is 2.19 bits per heavy atom. The van der Waals surface area contributed by atoms with Gasteiger partial charge >= 0.3 is 0 Å². The Hall–Kier alpha value is -1.42. The van der Waals surface area contributed by atoms with Crippen molar-refractivity contribution in [2.75, 3.05) is 19.0 Å². The molecule has 0 bridgehead atoms. The van der Waals surface area contributed by atoms with Crippen molar-refractivity contribution in [1.82, 2.24) is 4.98 Å². The highest BCUT2D eigenvalue weighted by molar-refractivity contribution is 5.91. The predicted octanol–water partition coefficient (Wildman–Crippen LogP) is 1.96. The maximum atomic E-state index is 11.4. The van der Waals surface area contributed by atoms with E-state index in [0.29, 0.717) is 5.82 Å². The number of rotatable bonds is 3. The van der Waals surface area contributed by atoms with Crippen LogP contribution < -0.4 is 5.32 Å². The van der Waals surface area contributed by atoms with Crippen molar-refractivity contribution in [3.63, 3.8) is 0 Å². The van der Waals surface area contributed by atoms with Gasteiger partial charge in [0.15, 0.2) is 0 Å². The third-order valence-corrected chi connectivity index (χ3v) is 2.15. The van der Waals surface area contributed by atoms with Crippen molar-refractivity contribution in [2.45, 2.75) is 26.2 Å². The van der Waals surface area contributed by atoms with Crippen LogP contribution in [0.15, 0.2) is 18.3 Å². The molecule has 0 spiro atoms. The van der Waals surface area contributed by atoms with Crippen molar-refractivity contribution >= 4 is 11.7 Å². The molecule has 0 atom stereocenters. The van der Waals surface area contributed by atoms with E-state index in [1.807, 2.05) is 12.1 Å². The zero-order chi connectivity index (χ0) is 12.2. The second-order valence-corrected chi connectivity index (χ2v) is 4.63. The van der Waals surface area contributed by atoms with Crippen molar-refractivity contribution in [2.24, 2.45) is 0 Å². The van der Waals surface area contributed by atoms with Crippen LogP contribution in [0.3, 0.4) is 0 Å². The number of ether oxygens (including phenoxy) is 1. The molecule has 4 heteroatoms. The van der Waals surface area contributed by atoms with E-state index in [4.69, 9.17) is 4.74 Å². The maximum absolute atomic E-state index is 11.4. The molecule has 1 aromatic heterocycles. The first-order valence-electron chi connectivity index (χ1n) is 5.19. The summed E-state index contributed by atoms with van der Waals surface area (Å²) in [6.45, 7) is 6.28. The normalized spacial score (nSPS) is 11.2. The molecule has 0 radical (unpaired) electrons. The van der Waals surface area contributed by atoms with Gasteiger partial charge in [0.25, 0.3) is 5.91 Å². The van der Waals surface area contributed by atoms with Crippen LogP contribution in [0.2, 0.25) is 0 Å². The third kappa shape index (κ3) is 3.31. The second kappa shape index (κ2) is 5.07. The van der Waals surface area contributed by atoms with E-state index in [9.17, 15) is 4.79 Å². The molecule has 0 unspecified atom stereocenters. The first-order valence-corrected chi connectivity index (χ1v) is 5.19. The monoisotopic (exact) mass is 222 g/mol. The molecule has 16 heavy (non-hydrogen) atoms. The van der Waals surface area contributed by atoms with Gasteiger partial charge in [-0.05, 0) is 11.5 Å². The number of hydrogen-bond acceptors (Lipinski definition) is 3. The summed E-state index contributed by atoms with van der Waals surface area (Å²) in [5.74, 6) is 0.420. The van der Waals surface area contributed by atoms with Crippen LogP contribution in [-0.4, -0.2) is 24.6 Å². The van der Waals surface area contributed by atoms with E-state index in [-0.39, 0.29) is 17.9 Å². The zero-order valence-corrected chi connectivity index (χ0v) is 10.2. The lowest BCUT2D eigenvalue weighted by atomic mass is 9.87. The number of carbonyl (C=O) groups excluding carboxylic acids is 1. The quantitative estimate of drug-likeness (QED) is 0.850. The molecule has 0 aliphatic carbocycles. The summed E-state index contributed by atoms with van der Waals surface area (Å²) in [7, 11) is 1.49. The fourth-order valence-corrected chi connectivity index (χ4v) is 1.41. The summed E-state index contributed by atoms with van der Waals surface area (Å²) in [5.41, 5.74) is 0.962. The highest BCUT2D eigenvalue weighted by atomic mass is 16.5. The summed E-state index contributed by atoms with van der Waals surface area (Å²) in [6, 6.07) is 3.84. The molecule has 0 aliphatic heterocycles. The van der Waals surface area contributed by atoms with Crippen molar-refractivity contribution in [1.29, 1.82) is 0 Å². The number of nitrogens with zero attached hydrogens (tertiary/aromatic N) is 1. The Balaban J connectivity index is 2.92. The Bertz CT molecular complexity index is 370. The molecule has 0 saturated carbocycles. The largest absolute Gasteiger partial charge is 0.375 e. The van der Waals surface area contributed by atoms with Gasteiger partial charge in [-0.25, -0.2) is 4.98 Å². The lowest BCUT2D eigenvalue weighted by Crippen LogP contribution is -2.22. The molecule has 1 rings (SSSR count). The number of hydrogen-bond donors (Lipinski definition) is 1. The van der Waals surface area contributed by atoms with Gasteiger partial charge in [-0.3, -0.25) is 4.79 Å². The van der Waals surface area contributed by atoms with Crippen LogP contribution in [0.25, 0.3) is 0 Å².